The quantitative estimate of drug-likeness (QED) is 0.772. The van der Waals surface area contributed by atoms with Crippen LogP contribution in [-0.4, -0.2) is 32.5 Å². The van der Waals surface area contributed by atoms with Crippen LogP contribution >= 0.6 is 0 Å². The number of hydrogen-bond acceptors (Lipinski definition) is 3. The van der Waals surface area contributed by atoms with Crippen LogP contribution in [0.15, 0.2) is 24.3 Å². The van der Waals surface area contributed by atoms with Crippen molar-refractivity contribution in [1.82, 2.24) is 0 Å². The summed E-state index contributed by atoms with van der Waals surface area (Å²) in [5.74, 6) is 1.58. The Labute approximate surface area is 110 Å². The van der Waals surface area contributed by atoms with Gasteiger partial charge in [-0.05, 0) is 36.3 Å². The predicted molar refractivity (Wildman–Crippen MR) is 72.9 cm³/mol. The zero-order valence-corrected chi connectivity index (χ0v) is 11.6. The summed E-state index contributed by atoms with van der Waals surface area (Å²) in [6.45, 7) is 3.10. The fourth-order valence-electron chi connectivity index (χ4n) is 2.14. The maximum Gasteiger partial charge on any atom is 0.122 e. The normalized spacial score (nSPS) is 14.2. The van der Waals surface area contributed by atoms with E-state index in [1.54, 1.807) is 14.2 Å². The van der Waals surface area contributed by atoms with Crippen molar-refractivity contribution in [3.63, 3.8) is 0 Å². The van der Waals surface area contributed by atoms with Crippen molar-refractivity contribution >= 4 is 0 Å². The van der Waals surface area contributed by atoms with E-state index in [0.717, 1.165) is 30.8 Å². The van der Waals surface area contributed by atoms with E-state index in [9.17, 15) is 5.11 Å². The summed E-state index contributed by atoms with van der Waals surface area (Å²) >= 11 is 0. The fraction of sp³-hybridized carbons (Fsp3) is 0.600. The molecule has 2 atom stereocenters. The van der Waals surface area contributed by atoms with Crippen molar-refractivity contribution in [1.29, 1.82) is 0 Å². The first kappa shape index (κ1) is 15.0. The molecule has 0 aromatic heterocycles. The Balaban J connectivity index is 2.66. The van der Waals surface area contributed by atoms with E-state index < -0.39 is 0 Å². The van der Waals surface area contributed by atoms with Gasteiger partial charge >= 0.3 is 0 Å². The number of hydrogen-bond donors (Lipinski definition) is 1. The number of aliphatic hydroxyl groups excluding tert-OH is 1. The Morgan fingerprint density at radius 1 is 1.22 bits per heavy atom. The van der Waals surface area contributed by atoms with Gasteiger partial charge in [-0.2, -0.15) is 0 Å². The maximum absolute atomic E-state index is 9.54. The molecule has 3 nitrogen and oxygen atoms in total. The lowest BCUT2D eigenvalue weighted by atomic mass is 9.86. The average Bonchev–Trinajstić information content (AvgIpc) is 2.42. The second kappa shape index (κ2) is 8.11. The molecule has 0 bridgehead atoms. The summed E-state index contributed by atoms with van der Waals surface area (Å²) in [6.07, 6.45) is 1.81. The van der Waals surface area contributed by atoms with Crippen LogP contribution in [0.3, 0.4) is 0 Å². The number of ether oxygens (including phenoxy) is 2. The third-order valence-corrected chi connectivity index (χ3v) is 3.49. The van der Waals surface area contributed by atoms with Crippen molar-refractivity contribution in [2.75, 3.05) is 27.4 Å². The van der Waals surface area contributed by atoms with Crippen LogP contribution in [0.4, 0.5) is 0 Å². The number of para-hydroxylation sites is 1. The molecule has 0 saturated carbocycles. The molecule has 0 aliphatic rings. The lowest BCUT2D eigenvalue weighted by molar-refractivity contribution is 0.134. The van der Waals surface area contributed by atoms with Gasteiger partial charge in [0.1, 0.15) is 5.75 Å². The van der Waals surface area contributed by atoms with Crippen LogP contribution in [0.25, 0.3) is 0 Å². The minimum Gasteiger partial charge on any atom is -0.496 e. The van der Waals surface area contributed by atoms with Crippen LogP contribution in [0.1, 0.15) is 18.9 Å². The van der Waals surface area contributed by atoms with Crippen LogP contribution in [0.2, 0.25) is 0 Å². The average molecular weight is 252 g/mol. The first-order valence-corrected chi connectivity index (χ1v) is 6.44. The molecular weight excluding hydrogens is 228 g/mol. The van der Waals surface area contributed by atoms with Crippen molar-refractivity contribution in [2.45, 2.75) is 19.8 Å². The Morgan fingerprint density at radius 2 is 1.94 bits per heavy atom. The van der Waals surface area contributed by atoms with Gasteiger partial charge < -0.3 is 14.6 Å². The van der Waals surface area contributed by atoms with Crippen LogP contribution in [0, 0.1) is 11.8 Å². The predicted octanol–water partition coefficient (Wildman–Crippen LogP) is 2.52. The molecule has 0 saturated heterocycles. The highest BCUT2D eigenvalue weighted by molar-refractivity contribution is 5.33. The number of benzene rings is 1. The van der Waals surface area contributed by atoms with Gasteiger partial charge in [-0.1, -0.05) is 25.1 Å². The summed E-state index contributed by atoms with van der Waals surface area (Å²) in [5, 5.41) is 9.54. The van der Waals surface area contributed by atoms with Gasteiger partial charge in [-0.3, -0.25) is 0 Å². The third kappa shape index (κ3) is 4.31. The molecule has 3 heteroatoms. The van der Waals surface area contributed by atoms with Crippen molar-refractivity contribution in [3.8, 4) is 5.75 Å². The molecule has 0 radical (unpaired) electrons. The molecule has 1 aromatic carbocycles. The van der Waals surface area contributed by atoms with Gasteiger partial charge in [0.15, 0.2) is 0 Å². The van der Waals surface area contributed by atoms with Crippen molar-refractivity contribution in [2.24, 2.45) is 11.8 Å². The first-order chi connectivity index (χ1) is 8.72. The van der Waals surface area contributed by atoms with E-state index in [2.05, 4.69) is 13.0 Å². The molecule has 0 fully saturated rings. The van der Waals surface area contributed by atoms with Gasteiger partial charge in [0.25, 0.3) is 0 Å². The lowest BCUT2D eigenvalue weighted by Gasteiger charge is -2.22. The van der Waals surface area contributed by atoms with E-state index in [-0.39, 0.29) is 12.5 Å². The number of aliphatic hydroxyl groups is 1. The number of methoxy groups -OCH3 is 2. The largest absolute Gasteiger partial charge is 0.496 e. The zero-order valence-electron chi connectivity index (χ0n) is 11.6. The summed E-state index contributed by atoms with van der Waals surface area (Å²) in [4.78, 5) is 0. The molecule has 0 aliphatic carbocycles. The molecule has 1 aromatic rings. The summed E-state index contributed by atoms with van der Waals surface area (Å²) in [5.41, 5.74) is 1.16. The van der Waals surface area contributed by atoms with Crippen molar-refractivity contribution in [3.05, 3.63) is 29.8 Å². The van der Waals surface area contributed by atoms with E-state index in [4.69, 9.17) is 9.47 Å². The van der Waals surface area contributed by atoms with Gasteiger partial charge in [0, 0.05) is 20.3 Å². The second-order valence-corrected chi connectivity index (χ2v) is 4.72. The molecule has 0 spiro atoms. The Kier molecular flexibility index (Phi) is 6.76. The minimum absolute atomic E-state index is 0.197. The number of rotatable bonds is 8. The maximum atomic E-state index is 9.54. The molecule has 102 valence electrons. The van der Waals surface area contributed by atoms with Gasteiger partial charge in [0.2, 0.25) is 0 Å². The van der Waals surface area contributed by atoms with E-state index in [0.29, 0.717) is 5.92 Å². The van der Waals surface area contributed by atoms with Crippen molar-refractivity contribution < 1.29 is 14.6 Å². The minimum atomic E-state index is 0.197. The Bertz CT molecular complexity index is 338. The third-order valence-electron chi connectivity index (χ3n) is 3.49. The smallest absolute Gasteiger partial charge is 0.122 e. The monoisotopic (exact) mass is 252 g/mol. The van der Waals surface area contributed by atoms with Crippen LogP contribution in [-0.2, 0) is 11.2 Å². The molecular formula is C15H24O3. The molecule has 0 aliphatic heterocycles. The topological polar surface area (TPSA) is 38.7 Å². The van der Waals surface area contributed by atoms with E-state index >= 15 is 0 Å². The summed E-state index contributed by atoms with van der Waals surface area (Å²) < 4.78 is 10.4. The standard InChI is InChI=1S/C15H24O3/c1-12(8-9-17-2)14(11-16)10-13-6-4-5-7-15(13)18-3/h4-7,12,14,16H,8-11H2,1-3H3. The lowest BCUT2D eigenvalue weighted by Crippen LogP contribution is -2.20. The Morgan fingerprint density at radius 3 is 2.56 bits per heavy atom. The van der Waals surface area contributed by atoms with Gasteiger partial charge in [0.05, 0.1) is 7.11 Å². The highest BCUT2D eigenvalue weighted by Gasteiger charge is 2.18. The van der Waals surface area contributed by atoms with Crippen LogP contribution < -0.4 is 4.74 Å². The van der Waals surface area contributed by atoms with Gasteiger partial charge in [-0.25, -0.2) is 0 Å². The Hall–Kier alpha value is -1.06. The van der Waals surface area contributed by atoms with E-state index in [1.807, 2.05) is 18.2 Å². The molecule has 0 heterocycles. The first-order valence-electron chi connectivity index (χ1n) is 6.44. The van der Waals surface area contributed by atoms with Crippen LogP contribution in [0.5, 0.6) is 5.75 Å². The SMILES string of the molecule is COCCC(C)C(CO)Cc1ccccc1OC. The molecule has 1 rings (SSSR count). The zero-order chi connectivity index (χ0) is 13.4. The second-order valence-electron chi connectivity index (χ2n) is 4.72. The molecule has 1 N–H and O–H groups in total. The van der Waals surface area contributed by atoms with E-state index in [1.165, 1.54) is 0 Å². The van der Waals surface area contributed by atoms with Gasteiger partial charge in [-0.15, -0.1) is 0 Å². The molecule has 0 amide bonds. The fourth-order valence-corrected chi connectivity index (χ4v) is 2.14. The molecule has 2 unspecified atom stereocenters. The summed E-state index contributed by atoms with van der Waals surface area (Å²) in [7, 11) is 3.39. The highest BCUT2D eigenvalue weighted by Crippen LogP contribution is 2.25. The summed E-state index contributed by atoms with van der Waals surface area (Å²) in [6, 6.07) is 7.99. The molecule has 18 heavy (non-hydrogen) atoms. The highest BCUT2D eigenvalue weighted by atomic mass is 16.5.